The van der Waals surface area contributed by atoms with E-state index in [1.165, 1.54) is 24.6 Å². The first-order chi connectivity index (χ1) is 17.9. The van der Waals surface area contributed by atoms with E-state index in [2.05, 4.69) is 26.2 Å². The number of rotatable bonds is 7. The molecule has 0 radical (unpaired) electrons. The van der Waals surface area contributed by atoms with Crippen LogP contribution >= 0.6 is 0 Å². The Hall–Kier alpha value is -2.12. The zero-order valence-electron chi connectivity index (χ0n) is 22.0. The zero-order chi connectivity index (χ0) is 27.4. The summed E-state index contributed by atoms with van der Waals surface area (Å²) in [6.07, 6.45) is 2.85. The number of aromatic hydroxyl groups is 2. The fourth-order valence-corrected chi connectivity index (χ4v) is 8.87. The van der Waals surface area contributed by atoms with Crippen LogP contribution in [0.25, 0.3) is 0 Å². The van der Waals surface area contributed by atoms with Gasteiger partial charge in [0.05, 0.1) is 0 Å². The Morgan fingerprint density at radius 2 is 1.92 bits per heavy atom. The van der Waals surface area contributed by atoms with Gasteiger partial charge in [0.2, 0.25) is 0 Å². The Morgan fingerprint density at radius 1 is 1.16 bits per heavy atom. The number of nitrogens with zero attached hydrogens (tertiary/aromatic N) is 2. The topological polar surface area (TPSA) is 140 Å². The van der Waals surface area contributed by atoms with Crippen molar-refractivity contribution in [1.82, 2.24) is 13.5 Å². The predicted molar refractivity (Wildman–Crippen MR) is 132 cm³/mol. The molecule has 0 spiro atoms. The summed E-state index contributed by atoms with van der Waals surface area (Å²) in [7, 11) is 0. The number of amides is 2. The molecule has 4 N–H and O–H groups in total. The van der Waals surface area contributed by atoms with Crippen LogP contribution in [0.5, 0.6) is 11.5 Å². The number of halogens is 1. The van der Waals surface area contributed by atoms with E-state index in [1.54, 1.807) is 8.12 Å². The van der Waals surface area contributed by atoms with Crippen molar-refractivity contribution in [1.29, 1.82) is 0 Å². The summed E-state index contributed by atoms with van der Waals surface area (Å²) >= 11 is -0.604. The standard InChI is InChI=1S/C27H37IN3O7/c1-26(2)16-8-9-27(26,3)22(13-16)38-25(37)17-5-4-10-30(17)24(36)18-14-28-31(18)29-23(35)21(34)12-15-6-7-19(32)20(33)11-15/h6-7,11,16-18,21-22,32-34H,4-5,8-10,12-14H2,1-3H3,(H,29,35)/q-1/t16?,17-,18?,21+,22?,27?/m0/s1. The van der Waals surface area contributed by atoms with E-state index in [0.717, 1.165) is 19.3 Å². The number of hydrazine groups is 1. The Bertz CT molecular complexity index is 1130. The predicted octanol–water partition coefficient (Wildman–Crippen LogP) is -1.53. The summed E-state index contributed by atoms with van der Waals surface area (Å²) in [5, 5.41) is 29.4. The van der Waals surface area contributed by atoms with Crippen LogP contribution in [0.3, 0.4) is 0 Å². The van der Waals surface area contributed by atoms with Gasteiger partial charge in [-0.15, -0.1) is 0 Å². The van der Waals surface area contributed by atoms with Gasteiger partial charge in [-0.2, -0.15) is 0 Å². The van der Waals surface area contributed by atoms with Crippen molar-refractivity contribution in [2.24, 2.45) is 16.7 Å². The molecule has 2 bridgehead atoms. The summed E-state index contributed by atoms with van der Waals surface area (Å²) in [6, 6.07) is 2.95. The minimum absolute atomic E-state index is 0.0417. The second kappa shape index (κ2) is 10.1. The van der Waals surface area contributed by atoms with E-state index in [0.29, 0.717) is 28.9 Å². The maximum absolute atomic E-state index is 13.4. The van der Waals surface area contributed by atoms with Crippen molar-refractivity contribution in [2.45, 2.75) is 83.6 Å². The summed E-state index contributed by atoms with van der Waals surface area (Å²) in [5.41, 5.74) is 3.24. The van der Waals surface area contributed by atoms with Crippen LogP contribution in [-0.2, 0) is 25.5 Å². The van der Waals surface area contributed by atoms with Crippen molar-refractivity contribution in [3.63, 3.8) is 0 Å². The normalized spacial score (nSPS) is 32.8. The molecule has 2 aliphatic carbocycles. The van der Waals surface area contributed by atoms with Gasteiger partial charge in [-0.05, 0) is 0 Å². The van der Waals surface area contributed by atoms with Crippen LogP contribution in [0.4, 0.5) is 0 Å². The van der Waals surface area contributed by atoms with Crippen molar-refractivity contribution in [3.8, 4) is 11.5 Å². The molecule has 6 atom stereocenters. The molecule has 5 rings (SSSR count). The van der Waals surface area contributed by atoms with Crippen LogP contribution < -0.4 is 26.9 Å². The number of aliphatic hydroxyl groups is 1. The van der Waals surface area contributed by atoms with Crippen LogP contribution in [0.15, 0.2) is 18.2 Å². The van der Waals surface area contributed by atoms with Crippen LogP contribution in [0, 0.1) is 16.7 Å². The first kappa shape index (κ1) is 27.4. The first-order valence-corrected chi connectivity index (χ1v) is 15.8. The molecule has 4 fully saturated rings. The minimum atomic E-state index is -1.39. The van der Waals surface area contributed by atoms with Crippen molar-refractivity contribution in [3.05, 3.63) is 23.8 Å². The number of fused-ring (bicyclic) bond motifs is 2. The van der Waals surface area contributed by atoms with Gasteiger partial charge < -0.3 is 0 Å². The third kappa shape index (κ3) is 4.64. The Balaban J connectivity index is 1.16. The maximum atomic E-state index is 13.4. The molecule has 0 aromatic heterocycles. The monoisotopic (exact) mass is 642 g/mol. The van der Waals surface area contributed by atoms with Crippen molar-refractivity contribution >= 4 is 17.8 Å². The van der Waals surface area contributed by atoms with E-state index < -0.39 is 45.6 Å². The quantitative estimate of drug-likeness (QED) is 0.0925. The first-order valence-electron chi connectivity index (χ1n) is 13.3. The molecule has 2 aliphatic heterocycles. The molecular weight excluding hydrogens is 605 g/mol. The van der Waals surface area contributed by atoms with Gasteiger partial charge in [0.1, 0.15) is 0 Å². The number of esters is 1. The summed E-state index contributed by atoms with van der Waals surface area (Å²) in [6.45, 7) is 7.26. The molecule has 38 heavy (non-hydrogen) atoms. The molecule has 2 heterocycles. The molecule has 2 saturated heterocycles. The number of alkyl halides is 1. The number of carbonyl (C=O) groups is 3. The van der Waals surface area contributed by atoms with Crippen LogP contribution in [0.1, 0.15) is 58.4 Å². The number of benzene rings is 1. The van der Waals surface area contributed by atoms with Gasteiger partial charge >= 0.3 is 234 Å². The SMILES string of the molecule is CC1(C)C2CCC1(C)C(OC(=O)[C@@H]1CCCN1C(=O)C1C[I-]N1NC(=O)[C@H](O)Cc1ccc(O)c(O)c1)C2. The van der Waals surface area contributed by atoms with Gasteiger partial charge in [0.15, 0.2) is 0 Å². The average molecular weight is 643 g/mol. The third-order valence-corrected chi connectivity index (χ3v) is 12.5. The molecule has 210 valence electrons. The van der Waals surface area contributed by atoms with Crippen LogP contribution in [-0.4, -0.2) is 76.5 Å². The van der Waals surface area contributed by atoms with Gasteiger partial charge in [0, 0.05) is 0 Å². The number of hydrogen-bond donors (Lipinski definition) is 4. The number of nitrogens with one attached hydrogen (secondary N) is 1. The summed E-state index contributed by atoms with van der Waals surface area (Å²) in [5.74, 6) is -1.20. The molecule has 10 nitrogen and oxygen atoms in total. The number of phenols is 2. The van der Waals surface area contributed by atoms with E-state index in [9.17, 15) is 29.7 Å². The summed E-state index contributed by atoms with van der Waals surface area (Å²) < 4.78 is 8.36. The van der Waals surface area contributed by atoms with Gasteiger partial charge in [0.25, 0.3) is 0 Å². The molecule has 1 aromatic rings. The number of ether oxygens (including phenoxy) is 1. The second-order valence-electron chi connectivity index (χ2n) is 11.8. The third-order valence-electron chi connectivity index (χ3n) is 9.67. The van der Waals surface area contributed by atoms with E-state index in [-0.39, 0.29) is 46.7 Å². The Morgan fingerprint density at radius 3 is 2.53 bits per heavy atom. The molecule has 1 aromatic carbocycles. The fourth-order valence-electron chi connectivity index (χ4n) is 6.66. The van der Waals surface area contributed by atoms with E-state index in [1.807, 2.05) is 0 Å². The molecule has 2 saturated carbocycles. The molecule has 2 amide bonds. The fraction of sp³-hybridized carbons (Fsp3) is 0.667. The molecule has 11 heteroatoms. The number of aliphatic hydroxyl groups excluding tert-OH is 1. The number of phenolic OH excluding ortho intramolecular Hbond substituents is 2. The molecular formula is C27H37IN3O7-. The van der Waals surface area contributed by atoms with Gasteiger partial charge in [-0.3, -0.25) is 0 Å². The summed E-state index contributed by atoms with van der Waals surface area (Å²) in [4.78, 5) is 40.9. The van der Waals surface area contributed by atoms with E-state index >= 15 is 0 Å². The van der Waals surface area contributed by atoms with Gasteiger partial charge in [-0.1, -0.05) is 0 Å². The zero-order valence-corrected chi connectivity index (χ0v) is 24.2. The van der Waals surface area contributed by atoms with Gasteiger partial charge in [-0.25, -0.2) is 0 Å². The van der Waals surface area contributed by atoms with Crippen molar-refractivity contribution < 1.29 is 55.9 Å². The van der Waals surface area contributed by atoms with Crippen molar-refractivity contribution in [2.75, 3.05) is 11.0 Å². The Labute approximate surface area is 233 Å². The van der Waals surface area contributed by atoms with Crippen LogP contribution in [0.2, 0.25) is 0 Å². The Kier molecular flexibility index (Phi) is 7.31. The number of carbonyl (C=O) groups excluding carboxylic acids is 3. The number of likely N-dealkylation sites (tertiary alicyclic amines) is 1. The molecule has 4 unspecified atom stereocenters. The second-order valence-corrected chi connectivity index (χ2v) is 14.4. The molecule has 4 aliphatic rings. The number of hydrogen-bond acceptors (Lipinski definition) is 8. The van der Waals surface area contributed by atoms with E-state index in [4.69, 9.17) is 4.74 Å². The average Bonchev–Trinajstić information content (AvgIpc) is 3.47.